The number of aromatic nitrogens is 4. The highest BCUT2D eigenvalue weighted by molar-refractivity contribution is 5.62. The van der Waals surface area contributed by atoms with Crippen molar-refractivity contribution in [3.8, 4) is 17.0 Å². The Labute approximate surface area is 110 Å². The molecule has 1 N–H and O–H groups in total. The van der Waals surface area contributed by atoms with E-state index in [9.17, 15) is 18.3 Å². The molecule has 2 aromatic heterocycles. The number of aromatic hydroxyl groups is 1. The summed E-state index contributed by atoms with van der Waals surface area (Å²) in [5.74, 6) is -0.115. The van der Waals surface area contributed by atoms with Gasteiger partial charge in [0, 0.05) is 5.56 Å². The average Bonchev–Trinajstić information content (AvgIpc) is 2.85. The third-order valence-corrected chi connectivity index (χ3v) is 2.71. The lowest BCUT2D eigenvalue weighted by molar-refractivity contribution is -0.142. The average molecular weight is 280 g/mol. The van der Waals surface area contributed by atoms with Crippen molar-refractivity contribution in [2.24, 2.45) is 0 Å². The van der Waals surface area contributed by atoms with Gasteiger partial charge >= 0.3 is 6.18 Å². The van der Waals surface area contributed by atoms with Crippen LogP contribution in [0, 0.1) is 0 Å². The van der Waals surface area contributed by atoms with Gasteiger partial charge in [-0.05, 0) is 30.3 Å². The van der Waals surface area contributed by atoms with Crippen molar-refractivity contribution in [2.75, 3.05) is 0 Å². The first kappa shape index (κ1) is 12.4. The van der Waals surface area contributed by atoms with Crippen LogP contribution in [0.4, 0.5) is 13.2 Å². The summed E-state index contributed by atoms with van der Waals surface area (Å²) in [7, 11) is 0. The molecule has 0 saturated carbocycles. The van der Waals surface area contributed by atoms with Gasteiger partial charge in [-0.1, -0.05) is 0 Å². The number of nitrogens with zero attached hydrogens (tertiary/aromatic N) is 4. The molecule has 2 heterocycles. The number of phenols is 1. The van der Waals surface area contributed by atoms with Crippen LogP contribution in [0.3, 0.4) is 0 Å². The summed E-state index contributed by atoms with van der Waals surface area (Å²) in [6.45, 7) is 0. The van der Waals surface area contributed by atoms with E-state index >= 15 is 0 Å². The fraction of sp³-hybridized carbons (Fsp3) is 0.0833. The summed E-state index contributed by atoms with van der Waals surface area (Å²) in [5, 5.41) is 12.7. The normalized spacial score (nSPS) is 11.9. The van der Waals surface area contributed by atoms with Crippen molar-refractivity contribution in [3.63, 3.8) is 0 Å². The van der Waals surface area contributed by atoms with E-state index in [1.807, 2.05) is 0 Å². The summed E-state index contributed by atoms with van der Waals surface area (Å²) in [5.41, 5.74) is -0.403. The first-order valence-electron chi connectivity index (χ1n) is 5.52. The Hall–Kier alpha value is -2.64. The summed E-state index contributed by atoms with van der Waals surface area (Å²) >= 11 is 0. The van der Waals surface area contributed by atoms with Gasteiger partial charge in [-0.2, -0.15) is 27.8 Å². The third-order valence-electron chi connectivity index (χ3n) is 2.71. The summed E-state index contributed by atoms with van der Waals surface area (Å²) in [6, 6.07) is 6.60. The van der Waals surface area contributed by atoms with Gasteiger partial charge in [-0.3, -0.25) is 0 Å². The molecule has 0 atom stereocenters. The number of alkyl halides is 3. The van der Waals surface area contributed by atoms with Crippen LogP contribution in [0.1, 0.15) is 5.69 Å². The van der Waals surface area contributed by atoms with E-state index in [2.05, 4.69) is 15.1 Å². The van der Waals surface area contributed by atoms with Crippen molar-refractivity contribution in [3.05, 3.63) is 42.4 Å². The van der Waals surface area contributed by atoms with Crippen molar-refractivity contribution in [1.29, 1.82) is 0 Å². The van der Waals surface area contributed by atoms with E-state index in [0.29, 0.717) is 10.1 Å². The van der Waals surface area contributed by atoms with Gasteiger partial charge in [0.05, 0.1) is 5.69 Å². The number of benzene rings is 1. The van der Waals surface area contributed by atoms with Gasteiger partial charge in [0.15, 0.2) is 5.69 Å². The molecule has 20 heavy (non-hydrogen) atoms. The van der Waals surface area contributed by atoms with Gasteiger partial charge in [0.1, 0.15) is 12.1 Å². The number of hydrogen-bond acceptors (Lipinski definition) is 4. The second-order valence-electron chi connectivity index (χ2n) is 4.04. The van der Waals surface area contributed by atoms with E-state index in [1.54, 1.807) is 0 Å². The minimum atomic E-state index is -4.57. The molecule has 0 aliphatic heterocycles. The maximum atomic E-state index is 13.0. The fourth-order valence-electron chi connectivity index (χ4n) is 1.79. The molecular formula is C12H7F3N4O. The zero-order valence-electron chi connectivity index (χ0n) is 9.83. The topological polar surface area (TPSA) is 63.3 Å². The quantitative estimate of drug-likeness (QED) is 0.744. The highest BCUT2D eigenvalue weighted by atomic mass is 19.4. The van der Waals surface area contributed by atoms with Crippen molar-refractivity contribution < 1.29 is 18.3 Å². The first-order chi connectivity index (χ1) is 9.45. The molecule has 0 aliphatic rings. The molecule has 0 fully saturated rings. The second-order valence-corrected chi connectivity index (χ2v) is 4.04. The lowest BCUT2D eigenvalue weighted by atomic mass is 10.1. The van der Waals surface area contributed by atoms with E-state index in [1.165, 1.54) is 24.3 Å². The van der Waals surface area contributed by atoms with E-state index in [4.69, 9.17) is 0 Å². The minimum absolute atomic E-state index is 0.0216. The molecule has 3 rings (SSSR count). The predicted molar refractivity (Wildman–Crippen MR) is 62.9 cm³/mol. The van der Waals surface area contributed by atoms with Crippen LogP contribution in [-0.4, -0.2) is 24.7 Å². The second kappa shape index (κ2) is 4.19. The third kappa shape index (κ3) is 2.04. The Morgan fingerprint density at radius 3 is 2.45 bits per heavy atom. The monoisotopic (exact) mass is 280 g/mol. The van der Waals surface area contributed by atoms with Crippen LogP contribution in [0.15, 0.2) is 36.7 Å². The molecule has 0 aliphatic carbocycles. The SMILES string of the molecule is Oc1ccc(-c2cc(C(F)(F)F)n3ncnc3n2)cc1. The van der Waals surface area contributed by atoms with E-state index < -0.39 is 11.9 Å². The lowest BCUT2D eigenvalue weighted by Gasteiger charge is -2.10. The molecule has 102 valence electrons. The predicted octanol–water partition coefficient (Wildman–Crippen LogP) is 2.52. The smallest absolute Gasteiger partial charge is 0.433 e. The molecule has 0 spiro atoms. The maximum absolute atomic E-state index is 13.0. The van der Waals surface area contributed by atoms with Crippen molar-refractivity contribution >= 4 is 5.78 Å². The number of rotatable bonds is 1. The molecule has 8 heteroatoms. The van der Waals surface area contributed by atoms with Crippen molar-refractivity contribution in [1.82, 2.24) is 19.6 Å². The fourth-order valence-corrected chi connectivity index (χ4v) is 1.79. The molecule has 1 aromatic carbocycles. The van der Waals surface area contributed by atoms with Gasteiger partial charge in [-0.25, -0.2) is 4.98 Å². The number of fused-ring (bicyclic) bond motifs is 1. The van der Waals surface area contributed by atoms with E-state index in [0.717, 1.165) is 12.4 Å². The Bertz CT molecular complexity index is 764. The van der Waals surface area contributed by atoms with Gasteiger partial charge in [0.2, 0.25) is 0 Å². The summed E-state index contributed by atoms with van der Waals surface area (Å²) in [4.78, 5) is 7.70. The van der Waals surface area contributed by atoms with Crippen molar-refractivity contribution in [2.45, 2.75) is 6.18 Å². The summed E-state index contributed by atoms with van der Waals surface area (Å²) < 4.78 is 39.6. The van der Waals surface area contributed by atoms with Crippen LogP contribution in [-0.2, 0) is 6.18 Å². The Morgan fingerprint density at radius 1 is 1.10 bits per heavy atom. The Balaban J connectivity index is 2.24. The molecular weight excluding hydrogens is 273 g/mol. The van der Waals surface area contributed by atoms with Gasteiger partial charge < -0.3 is 5.11 Å². The zero-order valence-corrected chi connectivity index (χ0v) is 9.83. The molecule has 0 saturated heterocycles. The van der Waals surface area contributed by atoms with Crippen LogP contribution >= 0.6 is 0 Å². The van der Waals surface area contributed by atoms with Crippen LogP contribution < -0.4 is 0 Å². The minimum Gasteiger partial charge on any atom is -0.508 e. The standard InChI is InChI=1S/C12H7F3N4O/c13-12(14,15)10-5-9(7-1-3-8(20)4-2-7)18-11-16-6-17-19(10)11/h1-6,20H. The Kier molecular flexibility index (Phi) is 2.60. The first-order valence-corrected chi connectivity index (χ1v) is 5.52. The zero-order chi connectivity index (χ0) is 14.3. The molecule has 0 radical (unpaired) electrons. The highest BCUT2D eigenvalue weighted by Gasteiger charge is 2.35. The van der Waals surface area contributed by atoms with Crippen LogP contribution in [0.25, 0.3) is 17.0 Å². The molecule has 0 bridgehead atoms. The van der Waals surface area contributed by atoms with Gasteiger partial charge in [-0.15, -0.1) is 0 Å². The maximum Gasteiger partial charge on any atom is 0.433 e. The lowest BCUT2D eigenvalue weighted by Crippen LogP contribution is -2.13. The summed E-state index contributed by atoms with van der Waals surface area (Å²) in [6.07, 6.45) is -3.56. The van der Waals surface area contributed by atoms with Crippen LogP contribution in [0.5, 0.6) is 5.75 Å². The van der Waals surface area contributed by atoms with Crippen LogP contribution in [0.2, 0.25) is 0 Å². The van der Waals surface area contributed by atoms with E-state index in [-0.39, 0.29) is 17.2 Å². The number of halogens is 3. The molecule has 5 nitrogen and oxygen atoms in total. The Morgan fingerprint density at radius 2 is 1.80 bits per heavy atom. The number of phenolic OH excluding ortho intramolecular Hbond substituents is 1. The largest absolute Gasteiger partial charge is 0.508 e. The molecule has 3 aromatic rings. The molecule has 0 amide bonds. The molecule has 0 unspecified atom stereocenters. The number of hydrogen-bond donors (Lipinski definition) is 1. The highest BCUT2D eigenvalue weighted by Crippen LogP contribution is 2.31. The van der Waals surface area contributed by atoms with Gasteiger partial charge in [0.25, 0.3) is 5.78 Å².